The standard InChI is InChI=1S/C31H38O2/c1-2-3-4-5-6-7-24-8-10-25(11-9-24)26-20-22-31(23-21-26,27-12-16-29(32)17-13-27)28-14-18-30(33)19-15-28/h8-19,26,32-33H,2-7,20-23H2,1H3. The quantitative estimate of drug-likeness (QED) is 0.327. The molecule has 0 aliphatic heterocycles. The fraction of sp³-hybridized carbons (Fsp3) is 0.419. The molecule has 0 radical (unpaired) electrons. The summed E-state index contributed by atoms with van der Waals surface area (Å²) in [7, 11) is 0. The Morgan fingerprint density at radius 3 is 1.70 bits per heavy atom. The first kappa shape index (κ1) is 23.4. The molecule has 1 saturated carbocycles. The van der Waals surface area contributed by atoms with Crippen LogP contribution in [0.5, 0.6) is 11.5 Å². The molecule has 1 aliphatic rings. The maximum absolute atomic E-state index is 9.82. The van der Waals surface area contributed by atoms with E-state index in [1.165, 1.54) is 60.8 Å². The lowest BCUT2D eigenvalue weighted by Crippen LogP contribution is -2.32. The van der Waals surface area contributed by atoms with Crippen LogP contribution in [0.3, 0.4) is 0 Å². The van der Waals surface area contributed by atoms with Gasteiger partial charge < -0.3 is 10.2 Å². The van der Waals surface area contributed by atoms with Crippen molar-refractivity contribution in [3.63, 3.8) is 0 Å². The normalized spacial score (nSPS) is 16.0. The third kappa shape index (κ3) is 5.61. The number of aromatic hydroxyl groups is 2. The van der Waals surface area contributed by atoms with Gasteiger partial charge in [0.15, 0.2) is 0 Å². The molecule has 0 atom stereocenters. The number of phenols is 2. The Kier molecular flexibility index (Phi) is 7.75. The van der Waals surface area contributed by atoms with Crippen molar-refractivity contribution < 1.29 is 10.2 Å². The van der Waals surface area contributed by atoms with E-state index in [9.17, 15) is 10.2 Å². The van der Waals surface area contributed by atoms with Crippen molar-refractivity contribution in [3.05, 3.63) is 95.1 Å². The molecule has 0 aromatic heterocycles. The Morgan fingerprint density at radius 1 is 0.667 bits per heavy atom. The summed E-state index contributed by atoms with van der Waals surface area (Å²) in [5.41, 5.74) is 5.37. The van der Waals surface area contributed by atoms with Crippen molar-refractivity contribution in [2.75, 3.05) is 0 Å². The molecule has 1 aliphatic carbocycles. The van der Waals surface area contributed by atoms with Crippen molar-refractivity contribution in [2.24, 2.45) is 0 Å². The van der Waals surface area contributed by atoms with Crippen molar-refractivity contribution in [3.8, 4) is 11.5 Å². The molecule has 33 heavy (non-hydrogen) atoms. The molecule has 0 heterocycles. The van der Waals surface area contributed by atoms with E-state index in [0.717, 1.165) is 25.7 Å². The van der Waals surface area contributed by atoms with Gasteiger partial charge in [-0.2, -0.15) is 0 Å². The second-order valence-corrected chi connectivity index (χ2v) is 9.86. The molecule has 2 N–H and O–H groups in total. The zero-order valence-corrected chi connectivity index (χ0v) is 20.0. The first-order chi connectivity index (χ1) is 16.1. The topological polar surface area (TPSA) is 40.5 Å². The number of rotatable bonds is 9. The average Bonchev–Trinajstić information content (AvgIpc) is 2.85. The summed E-state index contributed by atoms with van der Waals surface area (Å²) in [6.07, 6.45) is 12.3. The minimum absolute atomic E-state index is 0.0731. The van der Waals surface area contributed by atoms with Crippen LogP contribution in [0, 0.1) is 0 Å². The monoisotopic (exact) mass is 442 g/mol. The molecule has 0 unspecified atom stereocenters. The van der Waals surface area contributed by atoms with Crippen LogP contribution < -0.4 is 0 Å². The fourth-order valence-electron chi connectivity index (χ4n) is 5.64. The lowest BCUT2D eigenvalue weighted by atomic mass is 9.62. The summed E-state index contributed by atoms with van der Waals surface area (Å²) < 4.78 is 0. The highest BCUT2D eigenvalue weighted by atomic mass is 16.3. The number of benzene rings is 3. The van der Waals surface area contributed by atoms with Gasteiger partial charge in [0, 0.05) is 5.41 Å². The molecule has 3 aromatic carbocycles. The summed E-state index contributed by atoms with van der Waals surface area (Å²) in [4.78, 5) is 0. The van der Waals surface area contributed by atoms with Gasteiger partial charge in [0.05, 0.1) is 0 Å². The number of phenolic OH excluding ortho intramolecular Hbond substituents is 2. The van der Waals surface area contributed by atoms with Gasteiger partial charge in [-0.25, -0.2) is 0 Å². The Labute approximate surface area is 199 Å². The number of aryl methyl sites for hydroxylation is 1. The van der Waals surface area contributed by atoms with E-state index in [4.69, 9.17) is 0 Å². The molecule has 174 valence electrons. The van der Waals surface area contributed by atoms with Crippen LogP contribution in [-0.2, 0) is 11.8 Å². The SMILES string of the molecule is CCCCCCCc1ccc(C2CCC(c3ccc(O)cc3)(c3ccc(O)cc3)CC2)cc1. The minimum Gasteiger partial charge on any atom is -0.508 e. The number of hydrogen-bond acceptors (Lipinski definition) is 2. The molecule has 0 spiro atoms. The molecule has 0 saturated heterocycles. The van der Waals surface area contributed by atoms with Crippen LogP contribution >= 0.6 is 0 Å². The third-order valence-electron chi connectivity index (χ3n) is 7.70. The van der Waals surface area contributed by atoms with E-state index in [-0.39, 0.29) is 5.41 Å². The first-order valence-electron chi connectivity index (χ1n) is 12.8. The van der Waals surface area contributed by atoms with Crippen LogP contribution in [-0.4, -0.2) is 10.2 Å². The highest BCUT2D eigenvalue weighted by Crippen LogP contribution is 2.49. The maximum atomic E-state index is 9.82. The van der Waals surface area contributed by atoms with Crippen LogP contribution in [0.15, 0.2) is 72.8 Å². The smallest absolute Gasteiger partial charge is 0.115 e. The minimum atomic E-state index is -0.0731. The summed E-state index contributed by atoms with van der Waals surface area (Å²) in [5, 5.41) is 19.6. The van der Waals surface area contributed by atoms with Crippen LogP contribution in [0.25, 0.3) is 0 Å². The number of unbranched alkanes of at least 4 members (excludes halogenated alkanes) is 4. The molecule has 4 rings (SSSR count). The van der Waals surface area contributed by atoms with Gasteiger partial charge in [-0.1, -0.05) is 81.1 Å². The lowest BCUT2D eigenvalue weighted by molar-refractivity contribution is 0.314. The van der Waals surface area contributed by atoms with Crippen molar-refractivity contribution in [2.45, 2.75) is 82.5 Å². The van der Waals surface area contributed by atoms with Crippen LogP contribution in [0.4, 0.5) is 0 Å². The van der Waals surface area contributed by atoms with Gasteiger partial charge >= 0.3 is 0 Å². The van der Waals surface area contributed by atoms with Gasteiger partial charge in [0.2, 0.25) is 0 Å². The molecule has 3 aromatic rings. The van der Waals surface area contributed by atoms with Crippen molar-refractivity contribution in [1.82, 2.24) is 0 Å². The highest BCUT2D eigenvalue weighted by Gasteiger charge is 2.38. The van der Waals surface area contributed by atoms with Gasteiger partial charge in [0.1, 0.15) is 11.5 Å². The van der Waals surface area contributed by atoms with Gasteiger partial charge in [-0.05, 0) is 91.0 Å². The molecule has 2 nitrogen and oxygen atoms in total. The predicted molar refractivity (Wildman–Crippen MR) is 137 cm³/mol. The van der Waals surface area contributed by atoms with Crippen molar-refractivity contribution >= 4 is 0 Å². The fourth-order valence-corrected chi connectivity index (χ4v) is 5.64. The second-order valence-electron chi connectivity index (χ2n) is 9.86. The largest absolute Gasteiger partial charge is 0.508 e. The summed E-state index contributed by atoms with van der Waals surface area (Å²) >= 11 is 0. The Hall–Kier alpha value is -2.74. The Balaban J connectivity index is 1.45. The third-order valence-corrected chi connectivity index (χ3v) is 7.70. The summed E-state index contributed by atoms with van der Waals surface area (Å²) in [6.45, 7) is 2.27. The van der Waals surface area contributed by atoms with Gasteiger partial charge in [0.25, 0.3) is 0 Å². The summed E-state index contributed by atoms with van der Waals surface area (Å²) in [6, 6.07) is 24.9. The first-order valence-corrected chi connectivity index (χ1v) is 12.8. The number of hydrogen-bond donors (Lipinski definition) is 2. The van der Waals surface area contributed by atoms with E-state index >= 15 is 0 Å². The Bertz CT molecular complexity index is 931. The molecule has 0 bridgehead atoms. The average molecular weight is 443 g/mol. The highest BCUT2D eigenvalue weighted by molar-refractivity contribution is 5.44. The molecular formula is C31H38O2. The lowest BCUT2D eigenvalue weighted by Gasteiger charge is -2.41. The Morgan fingerprint density at radius 2 is 1.18 bits per heavy atom. The van der Waals surface area contributed by atoms with Crippen LogP contribution in [0.1, 0.15) is 92.9 Å². The predicted octanol–water partition coefficient (Wildman–Crippen LogP) is 8.25. The van der Waals surface area contributed by atoms with E-state index in [1.807, 2.05) is 0 Å². The zero-order chi connectivity index (χ0) is 23.1. The van der Waals surface area contributed by atoms with E-state index in [0.29, 0.717) is 17.4 Å². The van der Waals surface area contributed by atoms with E-state index < -0.39 is 0 Å². The van der Waals surface area contributed by atoms with Crippen LogP contribution in [0.2, 0.25) is 0 Å². The van der Waals surface area contributed by atoms with E-state index in [2.05, 4.69) is 55.5 Å². The zero-order valence-electron chi connectivity index (χ0n) is 20.0. The summed E-state index contributed by atoms with van der Waals surface area (Å²) in [5.74, 6) is 1.20. The molecule has 1 fully saturated rings. The molecule has 0 amide bonds. The van der Waals surface area contributed by atoms with Gasteiger partial charge in [-0.3, -0.25) is 0 Å². The second kappa shape index (κ2) is 10.9. The van der Waals surface area contributed by atoms with Gasteiger partial charge in [-0.15, -0.1) is 0 Å². The van der Waals surface area contributed by atoms with Crippen molar-refractivity contribution in [1.29, 1.82) is 0 Å². The molecular weight excluding hydrogens is 404 g/mol. The maximum Gasteiger partial charge on any atom is 0.115 e. The molecule has 2 heteroatoms. The van der Waals surface area contributed by atoms with E-state index in [1.54, 1.807) is 24.3 Å².